The van der Waals surface area contributed by atoms with Gasteiger partial charge in [-0.2, -0.15) is 0 Å². The molecule has 0 bridgehead atoms. The lowest BCUT2D eigenvalue weighted by atomic mass is 10.2. The molecule has 2 aromatic rings. The van der Waals surface area contributed by atoms with Crippen molar-refractivity contribution in [3.8, 4) is 0 Å². The van der Waals surface area contributed by atoms with Crippen molar-refractivity contribution < 1.29 is 37.0 Å². The van der Waals surface area contributed by atoms with Crippen LogP contribution in [0.2, 0.25) is 0 Å². The third-order valence-corrected chi connectivity index (χ3v) is 4.34. The molecule has 0 spiro atoms. The lowest BCUT2D eigenvalue weighted by Gasteiger charge is -2.00. The first-order valence-corrected chi connectivity index (χ1v) is 7.49. The Kier molecular flexibility index (Phi) is 4.32. The fourth-order valence-corrected chi connectivity index (χ4v) is 2.76. The molecule has 7 nitrogen and oxygen atoms in total. The molecule has 2 rings (SSSR count). The Labute approximate surface area is 129 Å². The number of carboxylic acids is 1. The minimum atomic E-state index is -4.10. The quantitative estimate of drug-likeness (QED) is 0.369. The Balaban J connectivity index is 2.35. The second-order valence-corrected chi connectivity index (χ2v) is 6.16. The Morgan fingerprint density at radius 1 is 1.04 bits per heavy atom. The molecule has 0 radical (unpaired) electrons. The van der Waals surface area contributed by atoms with Crippen molar-refractivity contribution in [1.82, 2.24) is 0 Å². The van der Waals surface area contributed by atoms with Crippen molar-refractivity contribution in [3.63, 3.8) is 0 Å². The van der Waals surface area contributed by atoms with Crippen LogP contribution in [0.3, 0.4) is 0 Å². The molecule has 0 aliphatic rings. The molecule has 0 aliphatic carbocycles. The summed E-state index contributed by atoms with van der Waals surface area (Å²) in [6.07, 6.45) is 0.384. The number of aliphatic hydroxyl groups excluding tert-OH is 1. The highest BCUT2D eigenvalue weighted by Crippen LogP contribution is 2.23. The SMILES string of the molecule is O=C(O)/C(O)=C/C(=O)c1ccc(S(=O)(=O)c2ccc(F)cc2)o1. The fourth-order valence-electron chi connectivity index (χ4n) is 1.58. The van der Waals surface area contributed by atoms with Crippen LogP contribution in [0.25, 0.3) is 0 Å². The van der Waals surface area contributed by atoms with E-state index in [2.05, 4.69) is 0 Å². The van der Waals surface area contributed by atoms with Crippen molar-refractivity contribution >= 4 is 21.6 Å². The van der Waals surface area contributed by atoms with E-state index >= 15 is 0 Å². The summed E-state index contributed by atoms with van der Waals surface area (Å²) in [5.74, 6) is -5.05. The van der Waals surface area contributed by atoms with Crippen molar-refractivity contribution in [2.75, 3.05) is 0 Å². The first kappa shape index (κ1) is 16.4. The second kappa shape index (κ2) is 6.05. The lowest BCUT2D eigenvalue weighted by molar-refractivity contribution is -0.135. The van der Waals surface area contributed by atoms with Gasteiger partial charge in [0.2, 0.25) is 26.5 Å². The zero-order valence-electron chi connectivity index (χ0n) is 11.3. The van der Waals surface area contributed by atoms with Gasteiger partial charge < -0.3 is 14.6 Å². The number of ketones is 1. The van der Waals surface area contributed by atoms with Crippen molar-refractivity contribution in [3.05, 3.63) is 59.8 Å². The van der Waals surface area contributed by atoms with E-state index in [1.807, 2.05) is 0 Å². The molecule has 0 saturated carbocycles. The van der Waals surface area contributed by atoms with Gasteiger partial charge in [-0.05, 0) is 36.4 Å². The number of rotatable bonds is 5. The third kappa shape index (κ3) is 3.46. The molecule has 0 atom stereocenters. The van der Waals surface area contributed by atoms with Crippen LogP contribution in [-0.4, -0.2) is 30.4 Å². The number of furan rings is 1. The maximum absolute atomic E-state index is 12.8. The van der Waals surface area contributed by atoms with Crippen LogP contribution >= 0.6 is 0 Å². The number of hydrogen-bond donors (Lipinski definition) is 2. The predicted molar refractivity (Wildman–Crippen MR) is 73.2 cm³/mol. The molecule has 0 fully saturated rings. The van der Waals surface area contributed by atoms with E-state index in [1.165, 1.54) is 0 Å². The predicted octanol–water partition coefficient (Wildman–Crippen LogP) is 1.96. The number of aliphatic carboxylic acids is 1. The molecule has 120 valence electrons. The van der Waals surface area contributed by atoms with Crippen molar-refractivity contribution in [1.29, 1.82) is 0 Å². The smallest absolute Gasteiger partial charge is 0.371 e. The summed E-state index contributed by atoms with van der Waals surface area (Å²) in [7, 11) is -4.10. The van der Waals surface area contributed by atoms with E-state index in [4.69, 9.17) is 14.6 Å². The van der Waals surface area contributed by atoms with Gasteiger partial charge in [0.25, 0.3) is 0 Å². The van der Waals surface area contributed by atoms with Crippen LogP contribution in [0.5, 0.6) is 0 Å². The van der Waals surface area contributed by atoms with Gasteiger partial charge in [-0.25, -0.2) is 17.6 Å². The molecule has 2 N–H and O–H groups in total. The van der Waals surface area contributed by atoms with Gasteiger partial charge in [-0.3, -0.25) is 4.79 Å². The average molecular weight is 340 g/mol. The standard InChI is InChI=1S/C14H9FO7S/c15-8-1-3-9(4-2-8)23(20,21)13-6-5-12(22-13)10(16)7-11(17)14(18)19/h1-7,17H,(H,18,19)/b11-7-. The van der Waals surface area contributed by atoms with Crippen molar-refractivity contribution in [2.24, 2.45) is 0 Å². The summed E-state index contributed by atoms with van der Waals surface area (Å²) in [5.41, 5.74) is 0. The van der Waals surface area contributed by atoms with Crippen LogP contribution in [0.15, 0.2) is 62.6 Å². The summed E-state index contributed by atoms with van der Waals surface area (Å²) in [4.78, 5) is 21.8. The van der Waals surface area contributed by atoms with Gasteiger partial charge >= 0.3 is 5.97 Å². The zero-order chi connectivity index (χ0) is 17.2. The molecule has 1 aromatic carbocycles. The van der Waals surface area contributed by atoms with Gasteiger partial charge in [0, 0.05) is 6.08 Å². The molecule has 1 aromatic heterocycles. The van der Waals surface area contributed by atoms with Gasteiger partial charge in [0.05, 0.1) is 4.90 Å². The highest BCUT2D eigenvalue weighted by Gasteiger charge is 2.23. The number of hydrogen-bond acceptors (Lipinski definition) is 6. The Hall–Kier alpha value is -2.94. The van der Waals surface area contributed by atoms with Crippen LogP contribution in [0, 0.1) is 5.82 Å². The molecule has 0 saturated heterocycles. The topological polar surface area (TPSA) is 122 Å². The van der Waals surface area contributed by atoms with E-state index in [0.29, 0.717) is 6.08 Å². The largest absolute Gasteiger partial charge is 0.502 e. The van der Waals surface area contributed by atoms with Gasteiger partial charge in [0.15, 0.2) is 5.76 Å². The first-order chi connectivity index (χ1) is 10.7. The number of carbonyl (C=O) groups is 2. The van der Waals surface area contributed by atoms with Crippen LogP contribution in [-0.2, 0) is 14.6 Å². The number of benzene rings is 1. The van der Waals surface area contributed by atoms with E-state index in [1.54, 1.807) is 0 Å². The van der Waals surface area contributed by atoms with E-state index in [9.17, 15) is 22.4 Å². The van der Waals surface area contributed by atoms with E-state index < -0.39 is 44.0 Å². The summed E-state index contributed by atoms with van der Waals surface area (Å²) >= 11 is 0. The molecule has 0 amide bonds. The Bertz CT molecular complexity index is 891. The van der Waals surface area contributed by atoms with E-state index in [0.717, 1.165) is 36.4 Å². The molecular weight excluding hydrogens is 331 g/mol. The van der Waals surface area contributed by atoms with Crippen LogP contribution in [0.1, 0.15) is 10.6 Å². The molecule has 0 aliphatic heterocycles. The van der Waals surface area contributed by atoms with Crippen molar-refractivity contribution in [2.45, 2.75) is 9.99 Å². The number of carbonyl (C=O) groups excluding carboxylic acids is 1. The molecule has 23 heavy (non-hydrogen) atoms. The Morgan fingerprint density at radius 3 is 2.22 bits per heavy atom. The van der Waals surface area contributed by atoms with Gasteiger partial charge in [0.1, 0.15) is 5.82 Å². The Morgan fingerprint density at radius 2 is 1.65 bits per heavy atom. The summed E-state index contributed by atoms with van der Waals surface area (Å²) < 4.78 is 42.2. The minimum Gasteiger partial charge on any atom is -0.502 e. The first-order valence-electron chi connectivity index (χ1n) is 6.00. The third-order valence-electron chi connectivity index (χ3n) is 2.70. The zero-order valence-corrected chi connectivity index (χ0v) is 12.1. The lowest BCUT2D eigenvalue weighted by Crippen LogP contribution is -2.03. The average Bonchev–Trinajstić information content (AvgIpc) is 2.98. The summed E-state index contributed by atoms with van der Waals surface area (Å²) in [6.45, 7) is 0. The number of allylic oxidation sites excluding steroid dienone is 1. The summed E-state index contributed by atoms with van der Waals surface area (Å²) in [6, 6.07) is 5.99. The maximum atomic E-state index is 12.8. The number of aliphatic hydroxyl groups is 1. The molecule has 1 heterocycles. The molecular formula is C14H9FO7S. The monoisotopic (exact) mass is 340 g/mol. The van der Waals surface area contributed by atoms with Crippen LogP contribution in [0.4, 0.5) is 4.39 Å². The maximum Gasteiger partial charge on any atom is 0.371 e. The molecule has 9 heteroatoms. The second-order valence-electron chi connectivity index (χ2n) is 4.28. The highest BCUT2D eigenvalue weighted by atomic mass is 32.2. The normalized spacial score (nSPS) is 12.1. The molecule has 0 unspecified atom stereocenters. The van der Waals surface area contributed by atoms with Gasteiger partial charge in [-0.15, -0.1) is 0 Å². The number of carboxylic acid groups (broad SMARTS) is 1. The number of sulfone groups is 1. The van der Waals surface area contributed by atoms with E-state index in [-0.39, 0.29) is 4.90 Å². The minimum absolute atomic E-state index is 0.240. The number of halogens is 1. The van der Waals surface area contributed by atoms with Gasteiger partial charge in [-0.1, -0.05) is 0 Å². The fraction of sp³-hybridized carbons (Fsp3) is 0. The summed E-state index contributed by atoms with van der Waals surface area (Å²) in [5, 5.41) is 16.9. The van der Waals surface area contributed by atoms with Crippen LogP contribution < -0.4 is 0 Å². The highest BCUT2D eigenvalue weighted by molar-refractivity contribution is 7.91.